The molecule has 4 nitrogen and oxygen atoms in total. The molecule has 0 saturated heterocycles. The Hall–Kier alpha value is -1.06. The summed E-state index contributed by atoms with van der Waals surface area (Å²) in [5.74, 6) is -0.450. The summed E-state index contributed by atoms with van der Waals surface area (Å²) in [6, 6.07) is 0. The van der Waals surface area contributed by atoms with E-state index in [4.69, 9.17) is 4.74 Å². The Morgan fingerprint density at radius 2 is 2.08 bits per heavy atom. The van der Waals surface area contributed by atoms with Crippen molar-refractivity contribution < 1.29 is 19.1 Å². The quantitative estimate of drug-likeness (QED) is 0.461. The van der Waals surface area contributed by atoms with E-state index in [-0.39, 0.29) is 19.2 Å². The van der Waals surface area contributed by atoms with Crippen molar-refractivity contribution in [2.24, 2.45) is 0 Å². The molecule has 0 aromatic rings. The van der Waals surface area contributed by atoms with Gasteiger partial charge in [0.15, 0.2) is 6.61 Å². The van der Waals surface area contributed by atoms with Crippen molar-refractivity contribution in [1.29, 1.82) is 0 Å². The minimum Gasteiger partial charge on any atom is -0.460 e. The van der Waals surface area contributed by atoms with Crippen LogP contribution in [0.5, 0.6) is 0 Å². The second-order valence-electron chi connectivity index (χ2n) is 2.80. The molecule has 0 heterocycles. The molecular formula is C8H12O4. The molecule has 12 heavy (non-hydrogen) atoms. The molecule has 0 N–H and O–H groups in total. The van der Waals surface area contributed by atoms with Gasteiger partial charge in [-0.2, -0.15) is 0 Å². The van der Waals surface area contributed by atoms with Gasteiger partial charge < -0.3 is 9.47 Å². The Morgan fingerprint density at radius 1 is 1.42 bits per heavy atom. The van der Waals surface area contributed by atoms with Crippen LogP contribution in [0.1, 0.15) is 25.7 Å². The van der Waals surface area contributed by atoms with Gasteiger partial charge in [-0.1, -0.05) is 0 Å². The van der Waals surface area contributed by atoms with Crippen LogP contribution in [-0.4, -0.2) is 25.2 Å². The molecule has 1 fully saturated rings. The topological polar surface area (TPSA) is 52.6 Å². The van der Waals surface area contributed by atoms with Crippen LogP contribution in [0.15, 0.2) is 0 Å². The highest BCUT2D eigenvalue weighted by Crippen LogP contribution is 2.20. The minimum atomic E-state index is -0.450. The van der Waals surface area contributed by atoms with Crippen LogP contribution in [0.4, 0.5) is 0 Å². The fourth-order valence-corrected chi connectivity index (χ4v) is 1.33. The first kappa shape index (κ1) is 9.03. The van der Waals surface area contributed by atoms with E-state index in [2.05, 4.69) is 4.74 Å². The molecule has 0 bridgehead atoms. The molecule has 1 saturated carbocycles. The molecule has 1 aliphatic carbocycles. The highest BCUT2D eigenvalue weighted by atomic mass is 16.6. The maximum Gasteiger partial charge on any atom is 0.344 e. The van der Waals surface area contributed by atoms with Crippen LogP contribution >= 0.6 is 0 Å². The van der Waals surface area contributed by atoms with Crippen molar-refractivity contribution in [3.05, 3.63) is 0 Å². The molecule has 0 aromatic heterocycles. The summed E-state index contributed by atoms with van der Waals surface area (Å²) in [6.45, 7) is -0.0179. The lowest BCUT2D eigenvalue weighted by molar-refractivity contribution is -0.157. The van der Waals surface area contributed by atoms with Crippen molar-refractivity contribution in [2.45, 2.75) is 31.8 Å². The molecule has 0 unspecified atom stereocenters. The van der Waals surface area contributed by atoms with Gasteiger partial charge in [-0.25, -0.2) is 4.79 Å². The smallest absolute Gasteiger partial charge is 0.344 e. The Labute approximate surface area is 70.8 Å². The van der Waals surface area contributed by atoms with Crippen LogP contribution in [0.2, 0.25) is 0 Å². The zero-order valence-electron chi connectivity index (χ0n) is 6.82. The van der Waals surface area contributed by atoms with E-state index in [0.717, 1.165) is 25.7 Å². The first-order valence-corrected chi connectivity index (χ1v) is 4.07. The zero-order chi connectivity index (χ0) is 8.81. The van der Waals surface area contributed by atoms with Crippen LogP contribution in [-0.2, 0) is 19.1 Å². The fourth-order valence-electron chi connectivity index (χ4n) is 1.33. The van der Waals surface area contributed by atoms with Crippen LogP contribution in [0, 0.1) is 0 Å². The molecule has 0 amide bonds. The molecule has 68 valence electrons. The maximum absolute atomic E-state index is 10.9. The number of ether oxygens (including phenoxy) is 2. The summed E-state index contributed by atoms with van der Waals surface area (Å²) in [4.78, 5) is 20.6. The lowest BCUT2D eigenvalue weighted by Gasteiger charge is -2.09. The van der Waals surface area contributed by atoms with E-state index in [1.54, 1.807) is 0 Å². The van der Waals surface area contributed by atoms with Crippen LogP contribution in [0.25, 0.3) is 0 Å². The first-order valence-electron chi connectivity index (χ1n) is 4.07. The number of hydrogen-bond acceptors (Lipinski definition) is 4. The van der Waals surface area contributed by atoms with E-state index >= 15 is 0 Å². The molecule has 1 aliphatic rings. The van der Waals surface area contributed by atoms with Crippen LogP contribution in [0.3, 0.4) is 0 Å². The molecule has 0 atom stereocenters. The highest BCUT2D eigenvalue weighted by molar-refractivity contribution is 5.72. The Morgan fingerprint density at radius 3 is 2.67 bits per heavy atom. The van der Waals surface area contributed by atoms with E-state index in [9.17, 15) is 9.59 Å². The number of carbonyl (C=O) groups is 2. The van der Waals surface area contributed by atoms with Crippen molar-refractivity contribution >= 4 is 12.4 Å². The van der Waals surface area contributed by atoms with E-state index in [0.29, 0.717) is 0 Å². The van der Waals surface area contributed by atoms with Gasteiger partial charge in [-0.05, 0) is 25.7 Å². The summed E-state index contributed by atoms with van der Waals surface area (Å²) < 4.78 is 9.24. The van der Waals surface area contributed by atoms with Crippen molar-refractivity contribution in [1.82, 2.24) is 0 Å². The van der Waals surface area contributed by atoms with E-state index < -0.39 is 5.97 Å². The molecule has 0 aliphatic heterocycles. The van der Waals surface area contributed by atoms with Gasteiger partial charge >= 0.3 is 5.97 Å². The molecule has 0 spiro atoms. The normalized spacial score (nSPS) is 17.3. The van der Waals surface area contributed by atoms with Gasteiger partial charge in [0.25, 0.3) is 6.47 Å². The molecule has 4 heteroatoms. The lowest BCUT2D eigenvalue weighted by atomic mass is 10.3. The first-order chi connectivity index (χ1) is 5.83. The van der Waals surface area contributed by atoms with Gasteiger partial charge in [-0.3, -0.25) is 4.79 Å². The SMILES string of the molecule is O=COCC(=O)OC1CCCC1. The maximum atomic E-state index is 10.9. The summed E-state index contributed by atoms with van der Waals surface area (Å²) in [7, 11) is 0. The van der Waals surface area contributed by atoms with Gasteiger partial charge in [0.1, 0.15) is 6.10 Å². The second-order valence-corrected chi connectivity index (χ2v) is 2.80. The lowest BCUT2D eigenvalue weighted by Crippen LogP contribution is -2.18. The standard InChI is InChI=1S/C8H12O4/c9-6-11-5-8(10)12-7-3-1-2-4-7/h6-7H,1-5H2. The molecule has 0 aromatic carbocycles. The third-order valence-electron chi connectivity index (χ3n) is 1.87. The number of carbonyl (C=O) groups excluding carboxylic acids is 2. The number of esters is 1. The highest BCUT2D eigenvalue weighted by Gasteiger charge is 2.18. The predicted molar refractivity (Wildman–Crippen MR) is 40.4 cm³/mol. The third kappa shape index (κ3) is 2.90. The van der Waals surface area contributed by atoms with E-state index in [1.807, 2.05) is 0 Å². The average Bonchev–Trinajstić information content (AvgIpc) is 2.53. The van der Waals surface area contributed by atoms with Crippen molar-refractivity contribution in [2.75, 3.05) is 6.61 Å². The van der Waals surface area contributed by atoms with Gasteiger partial charge in [0.05, 0.1) is 0 Å². The Kier molecular flexibility index (Phi) is 3.57. The van der Waals surface area contributed by atoms with Gasteiger partial charge in [0, 0.05) is 0 Å². The fraction of sp³-hybridized carbons (Fsp3) is 0.750. The summed E-state index contributed by atoms with van der Waals surface area (Å²) >= 11 is 0. The Bertz CT molecular complexity index is 160. The second kappa shape index (κ2) is 4.74. The third-order valence-corrected chi connectivity index (χ3v) is 1.87. The predicted octanol–water partition coefficient (Wildman–Crippen LogP) is 0.645. The Balaban J connectivity index is 2.11. The number of hydrogen-bond donors (Lipinski definition) is 0. The molecular weight excluding hydrogens is 160 g/mol. The zero-order valence-corrected chi connectivity index (χ0v) is 6.82. The van der Waals surface area contributed by atoms with Gasteiger partial charge in [-0.15, -0.1) is 0 Å². The summed E-state index contributed by atoms with van der Waals surface area (Å²) in [6.07, 6.45) is 4.16. The van der Waals surface area contributed by atoms with Crippen LogP contribution < -0.4 is 0 Å². The largest absolute Gasteiger partial charge is 0.460 e. The summed E-state index contributed by atoms with van der Waals surface area (Å²) in [5.41, 5.74) is 0. The van der Waals surface area contributed by atoms with E-state index in [1.165, 1.54) is 0 Å². The minimum absolute atomic E-state index is 0.0488. The van der Waals surface area contributed by atoms with Crippen molar-refractivity contribution in [3.8, 4) is 0 Å². The van der Waals surface area contributed by atoms with Crippen molar-refractivity contribution in [3.63, 3.8) is 0 Å². The molecule has 0 radical (unpaired) electrons. The summed E-state index contributed by atoms with van der Waals surface area (Å²) in [5, 5.41) is 0. The monoisotopic (exact) mass is 172 g/mol. The number of rotatable bonds is 4. The average molecular weight is 172 g/mol. The molecule has 1 rings (SSSR count). The van der Waals surface area contributed by atoms with Gasteiger partial charge in [0.2, 0.25) is 0 Å².